The second-order valence-electron chi connectivity index (χ2n) is 5.06. The van der Waals surface area contributed by atoms with E-state index in [1.165, 1.54) is 19.8 Å². The summed E-state index contributed by atoms with van der Waals surface area (Å²) >= 11 is 0. The molecule has 0 aromatic heterocycles. The van der Waals surface area contributed by atoms with E-state index in [2.05, 4.69) is 15.5 Å². The van der Waals surface area contributed by atoms with Crippen LogP contribution in [-0.2, 0) is 18.9 Å². The van der Waals surface area contributed by atoms with Gasteiger partial charge in [-0.1, -0.05) is 11.6 Å². The SMILES string of the molecule is COC(=O)OC1CC/C=C(/C)CCC1(C)OC(=O)OC. The molecule has 0 saturated carbocycles. The highest BCUT2D eigenvalue weighted by atomic mass is 16.8. The van der Waals surface area contributed by atoms with Crippen molar-refractivity contribution in [1.29, 1.82) is 0 Å². The first kappa shape index (κ1) is 16.3. The van der Waals surface area contributed by atoms with Crippen molar-refractivity contribution in [2.45, 2.75) is 51.2 Å². The van der Waals surface area contributed by atoms with Gasteiger partial charge in [-0.3, -0.25) is 0 Å². The van der Waals surface area contributed by atoms with Crippen LogP contribution in [-0.4, -0.2) is 38.2 Å². The molecule has 0 radical (unpaired) electrons. The van der Waals surface area contributed by atoms with Crippen LogP contribution in [0.15, 0.2) is 11.6 Å². The highest BCUT2D eigenvalue weighted by molar-refractivity contribution is 5.61. The van der Waals surface area contributed by atoms with Gasteiger partial charge in [-0.25, -0.2) is 9.59 Å². The number of allylic oxidation sites excluding steroid dienone is 2. The fraction of sp³-hybridized carbons (Fsp3) is 0.714. The predicted molar refractivity (Wildman–Crippen MR) is 71.4 cm³/mol. The lowest BCUT2D eigenvalue weighted by molar-refractivity contribution is -0.109. The maximum Gasteiger partial charge on any atom is 0.508 e. The minimum atomic E-state index is -0.934. The molecular formula is C14H22O6. The van der Waals surface area contributed by atoms with Crippen LogP contribution >= 0.6 is 0 Å². The van der Waals surface area contributed by atoms with Gasteiger partial charge in [0.05, 0.1) is 14.2 Å². The minimum Gasteiger partial charge on any atom is -0.438 e. The lowest BCUT2D eigenvalue weighted by atomic mass is 9.86. The second kappa shape index (κ2) is 7.17. The van der Waals surface area contributed by atoms with Crippen molar-refractivity contribution in [2.24, 2.45) is 0 Å². The first-order chi connectivity index (χ1) is 9.41. The Morgan fingerprint density at radius 2 is 1.90 bits per heavy atom. The van der Waals surface area contributed by atoms with Crippen LogP contribution in [0.2, 0.25) is 0 Å². The zero-order chi connectivity index (χ0) is 15.2. The number of carbonyl (C=O) groups is 2. The molecule has 114 valence electrons. The van der Waals surface area contributed by atoms with Gasteiger partial charge in [0, 0.05) is 0 Å². The van der Waals surface area contributed by atoms with Crippen molar-refractivity contribution >= 4 is 12.3 Å². The summed E-state index contributed by atoms with van der Waals surface area (Å²) in [5.41, 5.74) is 0.290. The molecule has 1 aliphatic carbocycles. The molecule has 0 spiro atoms. The van der Waals surface area contributed by atoms with E-state index >= 15 is 0 Å². The summed E-state index contributed by atoms with van der Waals surface area (Å²) in [6.07, 6.45) is 2.57. The van der Waals surface area contributed by atoms with Crippen molar-refractivity contribution in [3.63, 3.8) is 0 Å². The molecule has 0 aliphatic heterocycles. The maximum absolute atomic E-state index is 11.4. The monoisotopic (exact) mass is 286 g/mol. The Bertz CT molecular complexity index is 389. The van der Waals surface area contributed by atoms with E-state index in [4.69, 9.17) is 9.47 Å². The molecule has 0 N–H and O–H groups in total. The predicted octanol–water partition coefficient (Wildman–Crippen LogP) is 3.20. The van der Waals surface area contributed by atoms with Gasteiger partial charge in [-0.15, -0.1) is 0 Å². The van der Waals surface area contributed by atoms with E-state index in [1.54, 1.807) is 6.92 Å². The van der Waals surface area contributed by atoms with E-state index < -0.39 is 24.0 Å². The van der Waals surface area contributed by atoms with Crippen LogP contribution in [0.3, 0.4) is 0 Å². The highest BCUT2D eigenvalue weighted by Crippen LogP contribution is 2.32. The zero-order valence-corrected chi connectivity index (χ0v) is 12.4. The van der Waals surface area contributed by atoms with Gasteiger partial charge < -0.3 is 18.9 Å². The number of hydrogen-bond donors (Lipinski definition) is 0. The number of hydrogen-bond acceptors (Lipinski definition) is 6. The molecule has 2 atom stereocenters. The smallest absolute Gasteiger partial charge is 0.438 e. The van der Waals surface area contributed by atoms with Crippen LogP contribution in [0, 0.1) is 0 Å². The summed E-state index contributed by atoms with van der Waals surface area (Å²) in [4.78, 5) is 22.8. The minimum absolute atomic E-state index is 0.548. The lowest BCUT2D eigenvalue weighted by Crippen LogP contribution is -2.46. The van der Waals surface area contributed by atoms with Crippen molar-refractivity contribution < 1.29 is 28.5 Å². The molecule has 20 heavy (non-hydrogen) atoms. The van der Waals surface area contributed by atoms with Gasteiger partial charge in [0.25, 0.3) is 0 Å². The average Bonchev–Trinajstić information content (AvgIpc) is 2.42. The molecule has 1 aliphatic rings. The fourth-order valence-corrected chi connectivity index (χ4v) is 2.19. The average molecular weight is 286 g/mol. The number of methoxy groups -OCH3 is 2. The first-order valence-corrected chi connectivity index (χ1v) is 6.58. The lowest BCUT2D eigenvalue weighted by Gasteiger charge is -2.36. The summed E-state index contributed by atoms with van der Waals surface area (Å²) in [6.45, 7) is 3.77. The molecule has 1 rings (SSSR count). The molecule has 0 fully saturated rings. The molecular weight excluding hydrogens is 264 g/mol. The van der Waals surface area contributed by atoms with Gasteiger partial charge in [0.2, 0.25) is 0 Å². The largest absolute Gasteiger partial charge is 0.508 e. The van der Waals surface area contributed by atoms with E-state index in [1.807, 2.05) is 6.92 Å². The van der Waals surface area contributed by atoms with E-state index in [-0.39, 0.29) is 0 Å². The molecule has 0 aromatic carbocycles. The molecule has 0 bridgehead atoms. The van der Waals surface area contributed by atoms with Gasteiger partial charge in [-0.2, -0.15) is 0 Å². The molecule has 0 amide bonds. The molecule has 0 aromatic rings. The molecule has 0 heterocycles. The van der Waals surface area contributed by atoms with Crippen LogP contribution in [0.4, 0.5) is 9.59 Å². The standard InChI is InChI=1S/C14H22O6/c1-10-6-5-7-11(19-12(15)17-3)14(2,9-8-10)20-13(16)18-4/h6,11H,5,7-9H2,1-4H3/b10-6-. The Kier molecular flexibility index (Phi) is 5.85. The number of carbonyl (C=O) groups excluding carboxylic acids is 2. The van der Waals surface area contributed by atoms with Crippen LogP contribution < -0.4 is 0 Å². The summed E-state index contributed by atoms with van der Waals surface area (Å²) < 4.78 is 19.7. The Labute approximate surface area is 119 Å². The third-order valence-electron chi connectivity index (χ3n) is 3.51. The van der Waals surface area contributed by atoms with Gasteiger partial charge in [0.15, 0.2) is 5.60 Å². The van der Waals surface area contributed by atoms with Crippen molar-refractivity contribution in [1.82, 2.24) is 0 Å². The summed E-state index contributed by atoms with van der Waals surface area (Å²) in [5.74, 6) is 0. The maximum atomic E-state index is 11.4. The number of ether oxygens (including phenoxy) is 4. The Hall–Kier alpha value is -1.72. The quantitative estimate of drug-likeness (QED) is 0.573. The third kappa shape index (κ3) is 4.43. The first-order valence-electron chi connectivity index (χ1n) is 6.58. The summed E-state index contributed by atoms with van der Waals surface area (Å²) in [5, 5.41) is 0. The molecule has 6 heteroatoms. The van der Waals surface area contributed by atoms with Gasteiger partial charge >= 0.3 is 12.3 Å². The Balaban J connectivity index is 2.91. The Morgan fingerprint density at radius 1 is 1.25 bits per heavy atom. The van der Waals surface area contributed by atoms with Crippen molar-refractivity contribution in [2.75, 3.05) is 14.2 Å². The summed E-state index contributed by atoms with van der Waals surface area (Å²) in [7, 11) is 2.49. The highest BCUT2D eigenvalue weighted by Gasteiger charge is 2.41. The van der Waals surface area contributed by atoms with Crippen LogP contribution in [0.25, 0.3) is 0 Å². The van der Waals surface area contributed by atoms with Gasteiger partial charge in [0.1, 0.15) is 6.10 Å². The third-order valence-corrected chi connectivity index (χ3v) is 3.51. The fourth-order valence-electron chi connectivity index (χ4n) is 2.19. The molecule has 2 unspecified atom stereocenters. The molecule has 0 saturated heterocycles. The van der Waals surface area contributed by atoms with Crippen molar-refractivity contribution in [3.05, 3.63) is 11.6 Å². The van der Waals surface area contributed by atoms with Gasteiger partial charge in [-0.05, 0) is 39.5 Å². The Morgan fingerprint density at radius 3 is 2.50 bits per heavy atom. The van der Waals surface area contributed by atoms with E-state index in [0.717, 1.165) is 12.8 Å². The van der Waals surface area contributed by atoms with Crippen LogP contribution in [0.5, 0.6) is 0 Å². The molecule has 6 nitrogen and oxygen atoms in total. The van der Waals surface area contributed by atoms with Crippen molar-refractivity contribution in [3.8, 4) is 0 Å². The zero-order valence-electron chi connectivity index (χ0n) is 12.4. The van der Waals surface area contributed by atoms with E-state index in [0.29, 0.717) is 12.8 Å². The normalized spacial score (nSPS) is 29.2. The van der Waals surface area contributed by atoms with Crippen LogP contribution in [0.1, 0.15) is 39.5 Å². The summed E-state index contributed by atoms with van der Waals surface area (Å²) in [6, 6.07) is 0. The van der Waals surface area contributed by atoms with E-state index in [9.17, 15) is 9.59 Å². The topological polar surface area (TPSA) is 71.1 Å². The second-order valence-corrected chi connectivity index (χ2v) is 5.06. The number of rotatable bonds is 2.